The summed E-state index contributed by atoms with van der Waals surface area (Å²) in [5.41, 5.74) is 3.14. The van der Waals surface area contributed by atoms with E-state index >= 15 is 0 Å². The molecule has 0 fully saturated rings. The van der Waals surface area contributed by atoms with Gasteiger partial charge in [0.2, 0.25) is 5.91 Å². The minimum Gasteiger partial charge on any atom is -0.309 e. The summed E-state index contributed by atoms with van der Waals surface area (Å²) in [5.74, 6) is 0.374. The van der Waals surface area contributed by atoms with Crippen molar-refractivity contribution >= 4 is 17.3 Å². The molecule has 1 N–H and O–H groups in total. The Kier molecular flexibility index (Phi) is 3.76. The smallest absolute Gasteiger partial charge is 0.248 e. The van der Waals surface area contributed by atoms with Crippen LogP contribution in [-0.4, -0.2) is 19.0 Å². The van der Waals surface area contributed by atoms with Gasteiger partial charge in [-0.3, -0.25) is 9.69 Å². The van der Waals surface area contributed by atoms with Crippen molar-refractivity contribution in [2.45, 2.75) is 19.4 Å². The van der Waals surface area contributed by atoms with E-state index < -0.39 is 0 Å². The number of hydrogen-bond donors (Lipinski definition) is 1. The number of carbonyl (C=O) groups is 1. The molecule has 1 aliphatic rings. The molecule has 0 saturated heterocycles. The molecule has 1 aliphatic heterocycles. The molecule has 3 nitrogen and oxygen atoms in total. The molecule has 0 spiro atoms. The lowest BCUT2D eigenvalue weighted by Crippen LogP contribution is -2.46. The normalized spacial score (nSPS) is 21.8. The third-order valence-corrected chi connectivity index (χ3v) is 4.16. The van der Waals surface area contributed by atoms with Crippen LogP contribution in [-0.2, 0) is 11.2 Å². The monoisotopic (exact) mass is 280 g/mol. The van der Waals surface area contributed by atoms with Crippen molar-refractivity contribution in [1.82, 2.24) is 5.32 Å². The van der Waals surface area contributed by atoms with Crippen molar-refractivity contribution in [1.29, 1.82) is 0 Å². The fourth-order valence-electron chi connectivity index (χ4n) is 3.12. The van der Waals surface area contributed by atoms with Crippen LogP contribution < -0.4 is 10.2 Å². The summed E-state index contributed by atoms with van der Waals surface area (Å²) in [4.78, 5) is 14.9. The second-order valence-corrected chi connectivity index (χ2v) is 5.59. The molecular weight excluding hydrogens is 260 g/mol. The van der Waals surface area contributed by atoms with Gasteiger partial charge in [-0.15, -0.1) is 0 Å². The number of para-hydroxylation sites is 2. The Labute approximate surface area is 125 Å². The number of amides is 1. The summed E-state index contributed by atoms with van der Waals surface area (Å²) < 4.78 is 0. The highest BCUT2D eigenvalue weighted by atomic mass is 16.2. The molecule has 2 aromatic carbocycles. The number of likely N-dealkylation sites (N-methyl/N-ethyl adjacent to an activating group) is 1. The summed E-state index contributed by atoms with van der Waals surface area (Å²) >= 11 is 0. The largest absolute Gasteiger partial charge is 0.309 e. The molecule has 108 valence electrons. The number of rotatable bonds is 2. The Morgan fingerprint density at radius 3 is 2.43 bits per heavy atom. The molecule has 1 amide bonds. The first-order valence-electron chi connectivity index (χ1n) is 7.36. The number of benzene rings is 2. The van der Waals surface area contributed by atoms with Crippen LogP contribution in [0.5, 0.6) is 0 Å². The highest BCUT2D eigenvalue weighted by Crippen LogP contribution is 2.34. The first kappa shape index (κ1) is 13.8. The average Bonchev–Trinajstić information content (AvgIpc) is 2.61. The van der Waals surface area contributed by atoms with Crippen molar-refractivity contribution in [3.8, 4) is 0 Å². The average molecular weight is 280 g/mol. The molecule has 0 aliphatic carbocycles. The van der Waals surface area contributed by atoms with Gasteiger partial charge in [0.15, 0.2) is 0 Å². The Hall–Kier alpha value is -2.13. The molecule has 2 aromatic rings. The van der Waals surface area contributed by atoms with E-state index in [1.807, 2.05) is 60.5 Å². The molecule has 0 bridgehead atoms. The van der Waals surface area contributed by atoms with Crippen LogP contribution in [0.25, 0.3) is 0 Å². The van der Waals surface area contributed by atoms with Crippen molar-refractivity contribution in [2.75, 3.05) is 11.9 Å². The second kappa shape index (κ2) is 5.70. The Bertz CT molecular complexity index is 639. The van der Waals surface area contributed by atoms with Crippen LogP contribution in [0.4, 0.5) is 11.4 Å². The maximum absolute atomic E-state index is 13.0. The van der Waals surface area contributed by atoms with Crippen molar-refractivity contribution in [2.24, 2.45) is 5.92 Å². The topological polar surface area (TPSA) is 32.3 Å². The van der Waals surface area contributed by atoms with Crippen molar-refractivity contribution in [3.63, 3.8) is 0 Å². The molecule has 3 heteroatoms. The highest BCUT2D eigenvalue weighted by Gasteiger charge is 2.34. The zero-order valence-electron chi connectivity index (χ0n) is 12.4. The van der Waals surface area contributed by atoms with Crippen molar-refractivity contribution < 1.29 is 4.79 Å². The molecule has 0 saturated carbocycles. The van der Waals surface area contributed by atoms with Gasteiger partial charge in [-0.2, -0.15) is 0 Å². The number of hydrogen-bond acceptors (Lipinski definition) is 2. The quantitative estimate of drug-likeness (QED) is 0.916. The molecule has 0 aromatic heterocycles. The fraction of sp³-hybridized carbons (Fsp3) is 0.278. The minimum absolute atomic E-state index is 0.112. The predicted molar refractivity (Wildman–Crippen MR) is 85.7 cm³/mol. The number of nitrogens with zero attached hydrogens (tertiary/aromatic N) is 1. The third-order valence-electron chi connectivity index (χ3n) is 4.16. The Balaban J connectivity index is 2.16. The van der Waals surface area contributed by atoms with Gasteiger partial charge < -0.3 is 5.32 Å². The van der Waals surface area contributed by atoms with E-state index in [1.54, 1.807) is 0 Å². The molecule has 1 heterocycles. The van der Waals surface area contributed by atoms with Crippen LogP contribution in [0, 0.1) is 5.92 Å². The highest BCUT2D eigenvalue weighted by molar-refractivity contribution is 6.05. The van der Waals surface area contributed by atoms with E-state index in [1.165, 1.54) is 5.56 Å². The second-order valence-electron chi connectivity index (χ2n) is 5.59. The standard InChI is InChI=1S/C18H20N2O/c1-13-12-14-8-6-7-11-16(14)20(18(21)17(13)19-2)15-9-4-3-5-10-15/h3-11,13,17,19H,12H2,1-2H3. The summed E-state index contributed by atoms with van der Waals surface area (Å²) in [5, 5.41) is 3.19. The lowest BCUT2D eigenvalue weighted by Gasteiger charge is -2.27. The first-order valence-corrected chi connectivity index (χ1v) is 7.36. The van der Waals surface area contributed by atoms with Gasteiger partial charge in [0.1, 0.15) is 0 Å². The van der Waals surface area contributed by atoms with Crippen LogP contribution >= 0.6 is 0 Å². The molecule has 2 unspecified atom stereocenters. The van der Waals surface area contributed by atoms with Crippen LogP contribution in [0.2, 0.25) is 0 Å². The molecule has 3 rings (SSSR count). The first-order chi connectivity index (χ1) is 10.2. The lowest BCUT2D eigenvalue weighted by atomic mass is 9.95. The van der Waals surface area contributed by atoms with Crippen LogP contribution in [0.1, 0.15) is 12.5 Å². The number of fused-ring (bicyclic) bond motifs is 1. The molecule has 21 heavy (non-hydrogen) atoms. The van der Waals surface area contributed by atoms with E-state index in [9.17, 15) is 4.79 Å². The van der Waals surface area contributed by atoms with E-state index in [4.69, 9.17) is 0 Å². The van der Waals surface area contributed by atoms with E-state index in [0.717, 1.165) is 17.8 Å². The summed E-state index contributed by atoms with van der Waals surface area (Å²) in [6.45, 7) is 2.13. The van der Waals surface area contributed by atoms with Gasteiger partial charge in [-0.05, 0) is 43.1 Å². The van der Waals surface area contributed by atoms with Gasteiger partial charge >= 0.3 is 0 Å². The Morgan fingerprint density at radius 2 is 1.71 bits per heavy atom. The van der Waals surface area contributed by atoms with E-state index in [0.29, 0.717) is 0 Å². The van der Waals surface area contributed by atoms with Gasteiger partial charge in [0.05, 0.1) is 11.7 Å². The Morgan fingerprint density at radius 1 is 1.05 bits per heavy atom. The predicted octanol–water partition coefficient (Wildman–Crippen LogP) is 3.13. The van der Waals surface area contributed by atoms with Gasteiger partial charge in [0.25, 0.3) is 0 Å². The molecular formula is C18H20N2O. The molecule has 2 atom stereocenters. The van der Waals surface area contributed by atoms with Crippen molar-refractivity contribution in [3.05, 3.63) is 60.2 Å². The maximum atomic E-state index is 13.0. The van der Waals surface area contributed by atoms with E-state index in [2.05, 4.69) is 18.3 Å². The number of carbonyl (C=O) groups excluding carboxylic acids is 1. The summed E-state index contributed by atoms with van der Waals surface area (Å²) in [7, 11) is 1.86. The third kappa shape index (κ3) is 2.45. The summed E-state index contributed by atoms with van der Waals surface area (Å²) in [6, 6.07) is 17.9. The van der Waals surface area contributed by atoms with Crippen LogP contribution in [0.3, 0.4) is 0 Å². The zero-order valence-corrected chi connectivity index (χ0v) is 12.4. The molecule has 0 radical (unpaired) electrons. The fourth-order valence-corrected chi connectivity index (χ4v) is 3.12. The SMILES string of the molecule is CNC1C(=O)N(c2ccccc2)c2ccccc2CC1C. The zero-order chi connectivity index (χ0) is 14.8. The van der Waals surface area contributed by atoms with E-state index in [-0.39, 0.29) is 17.9 Å². The van der Waals surface area contributed by atoms with Gasteiger partial charge in [-0.25, -0.2) is 0 Å². The number of anilines is 2. The van der Waals surface area contributed by atoms with Crippen LogP contribution in [0.15, 0.2) is 54.6 Å². The minimum atomic E-state index is -0.169. The summed E-state index contributed by atoms with van der Waals surface area (Å²) in [6.07, 6.45) is 0.900. The number of nitrogens with one attached hydrogen (secondary N) is 1. The van der Waals surface area contributed by atoms with Gasteiger partial charge in [0, 0.05) is 5.69 Å². The lowest BCUT2D eigenvalue weighted by molar-refractivity contribution is -0.120. The van der Waals surface area contributed by atoms with Gasteiger partial charge in [-0.1, -0.05) is 43.3 Å². The maximum Gasteiger partial charge on any atom is 0.248 e.